The van der Waals surface area contributed by atoms with E-state index in [-0.39, 0.29) is 11.5 Å². The fourth-order valence-electron chi connectivity index (χ4n) is 4.50. The molecule has 4 rings (SSSR count). The standard InChI is InChI=1S/C22H30N4O3/c1-16(2)13-20(27)26-10-6-22(7-11-26)15-17(5-12-28-22)14-19-24-21(25-29-19)18-3-8-23-9-4-18/h3-4,8-9,16-17H,5-7,10-15H2,1-2H3. The van der Waals surface area contributed by atoms with Gasteiger partial charge in [0.2, 0.25) is 17.6 Å². The number of amides is 1. The van der Waals surface area contributed by atoms with Crippen LogP contribution in [0.15, 0.2) is 29.0 Å². The first kappa shape index (κ1) is 20.0. The predicted octanol–water partition coefficient (Wildman–Crippen LogP) is 3.51. The summed E-state index contributed by atoms with van der Waals surface area (Å²) in [4.78, 5) is 23.0. The van der Waals surface area contributed by atoms with Crippen molar-refractivity contribution in [3.63, 3.8) is 0 Å². The number of pyridine rings is 1. The Bertz CT molecular complexity index is 812. The van der Waals surface area contributed by atoms with Gasteiger partial charge >= 0.3 is 0 Å². The largest absolute Gasteiger partial charge is 0.375 e. The molecular weight excluding hydrogens is 368 g/mol. The van der Waals surface area contributed by atoms with E-state index in [1.807, 2.05) is 17.0 Å². The lowest BCUT2D eigenvalue weighted by Crippen LogP contribution is -2.51. The Morgan fingerprint density at radius 1 is 1.28 bits per heavy atom. The van der Waals surface area contributed by atoms with E-state index in [4.69, 9.17) is 9.26 Å². The van der Waals surface area contributed by atoms with Gasteiger partial charge in [0.05, 0.1) is 5.60 Å². The molecule has 2 aliphatic heterocycles. The molecule has 1 spiro atoms. The summed E-state index contributed by atoms with van der Waals surface area (Å²) in [5.74, 6) is 2.44. The molecule has 0 aromatic carbocycles. The van der Waals surface area contributed by atoms with Gasteiger partial charge in [-0.1, -0.05) is 19.0 Å². The van der Waals surface area contributed by atoms with Crippen molar-refractivity contribution in [2.75, 3.05) is 19.7 Å². The second-order valence-corrected chi connectivity index (χ2v) is 8.82. The Morgan fingerprint density at radius 3 is 2.76 bits per heavy atom. The Hall–Kier alpha value is -2.28. The molecule has 1 atom stereocenters. The molecule has 0 radical (unpaired) electrons. The van der Waals surface area contributed by atoms with E-state index in [2.05, 4.69) is 29.0 Å². The first-order chi connectivity index (χ1) is 14.0. The van der Waals surface area contributed by atoms with E-state index in [1.165, 1.54) is 0 Å². The molecule has 0 N–H and O–H groups in total. The van der Waals surface area contributed by atoms with Crippen LogP contribution in [-0.2, 0) is 16.0 Å². The van der Waals surface area contributed by atoms with Crippen LogP contribution in [0.25, 0.3) is 11.4 Å². The van der Waals surface area contributed by atoms with Crippen LogP contribution in [0.3, 0.4) is 0 Å². The maximum absolute atomic E-state index is 12.4. The van der Waals surface area contributed by atoms with Gasteiger partial charge in [0.1, 0.15) is 0 Å². The van der Waals surface area contributed by atoms with Gasteiger partial charge in [0, 0.05) is 50.5 Å². The number of carbonyl (C=O) groups is 1. The Balaban J connectivity index is 1.34. The molecule has 2 saturated heterocycles. The van der Waals surface area contributed by atoms with Gasteiger partial charge in [-0.05, 0) is 49.7 Å². The van der Waals surface area contributed by atoms with Gasteiger partial charge in [-0.2, -0.15) is 4.98 Å². The lowest BCUT2D eigenvalue weighted by Gasteiger charge is -2.46. The third-order valence-corrected chi connectivity index (χ3v) is 6.08. The van der Waals surface area contributed by atoms with E-state index in [0.717, 1.165) is 57.4 Å². The molecule has 156 valence electrons. The summed E-state index contributed by atoms with van der Waals surface area (Å²) in [5.41, 5.74) is 0.808. The molecule has 4 heterocycles. The van der Waals surface area contributed by atoms with Crippen LogP contribution in [0.4, 0.5) is 0 Å². The molecule has 7 nitrogen and oxygen atoms in total. The molecule has 2 aromatic heterocycles. The molecule has 2 aliphatic rings. The van der Waals surface area contributed by atoms with Crippen molar-refractivity contribution in [2.24, 2.45) is 11.8 Å². The molecule has 2 fully saturated rings. The number of carbonyl (C=O) groups excluding carboxylic acids is 1. The highest BCUT2D eigenvalue weighted by Gasteiger charge is 2.41. The number of ether oxygens (including phenoxy) is 1. The van der Waals surface area contributed by atoms with Crippen LogP contribution >= 0.6 is 0 Å². The van der Waals surface area contributed by atoms with Gasteiger partial charge in [-0.3, -0.25) is 9.78 Å². The molecule has 0 saturated carbocycles. The summed E-state index contributed by atoms with van der Waals surface area (Å²) in [6.07, 6.45) is 8.69. The molecule has 1 amide bonds. The Kier molecular flexibility index (Phi) is 5.94. The van der Waals surface area contributed by atoms with Crippen LogP contribution in [0.5, 0.6) is 0 Å². The fraction of sp³-hybridized carbons (Fsp3) is 0.636. The SMILES string of the molecule is CC(C)CC(=O)N1CCC2(CC1)CC(Cc1nc(-c3ccncc3)no1)CCO2. The average molecular weight is 399 g/mol. The fourth-order valence-corrected chi connectivity index (χ4v) is 4.50. The molecule has 7 heteroatoms. The average Bonchev–Trinajstić information content (AvgIpc) is 3.17. The first-order valence-electron chi connectivity index (χ1n) is 10.7. The van der Waals surface area contributed by atoms with Crippen molar-refractivity contribution < 1.29 is 14.1 Å². The van der Waals surface area contributed by atoms with Crippen molar-refractivity contribution >= 4 is 5.91 Å². The van der Waals surface area contributed by atoms with Gasteiger partial charge in [-0.25, -0.2) is 0 Å². The van der Waals surface area contributed by atoms with Crippen LogP contribution in [-0.4, -0.2) is 51.2 Å². The van der Waals surface area contributed by atoms with Crippen LogP contribution in [0.1, 0.15) is 51.8 Å². The highest BCUT2D eigenvalue weighted by Crippen LogP contribution is 2.39. The van der Waals surface area contributed by atoms with Crippen LogP contribution in [0, 0.1) is 11.8 Å². The van der Waals surface area contributed by atoms with Crippen molar-refractivity contribution in [1.29, 1.82) is 0 Å². The number of likely N-dealkylation sites (tertiary alicyclic amines) is 1. The number of hydrogen-bond acceptors (Lipinski definition) is 6. The second-order valence-electron chi connectivity index (χ2n) is 8.82. The summed E-state index contributed by atoms with van der Waals surface area (Å²) < 4.78 is 11.8. The van der Waals surface area contributed by atoms with E-state index < -0.39 is 0 Å². The maximum Gasteiger partial charge on any atom is 0.227 e. The first-order valence-corrected chi connectivity index (χ1v) is 10.7. The smallest absolute Gasteiger partial charge is 0.227 e. The van der Waals surface area contributed by atoms with Crippen molar-refractivity contribution in [3.05, 3.63) is 30.4 Å². The minimum Gasteiger partial charge on any atom is -0.375 e. The molecule has 0 aliphatic carbocycles. The third kappa shape index (κ3) is 4.83. The van der Waals surface area contributed by atoms with Crippen LogP contribution in [0.2, 0.25) is 0 Å². The van der Waals surface area contributed by atoms with Crippen molar-refractivity contribution in [3.8, 4) is 11.4 Å². The minimum absolute atomic E-state index is 0.106. The molecule has 29 heavy (non-hydrogen) atoms. The van der Waals surface area contributed by atoms with E-state index in [1.54, 1.807) is 12.4 Å². The van der Waals surface area contributed by atoms with Crippen LogP contribution < -0.4 is 0 Å². The quantitative estimate of drug-likeness (QED) is 0.767. The van der Waals surface area contributed by atoms with Gasteiger partial charge in [-0.15, -0.1) is 0 Å². The summed E-state index contributed by atoms with van der Waals surface area (Å²) >= 11 is 0. The topological polar surface area (TPSA) is 81.4 Å². The van der Waals surface area contributed by atoms with Gasteiger partial charge in [0.25, 0.3) is 0 Å². The van der Waals surface area contributed by atoms with Crippen molar-refractivity contribution in [2.45, 2.75) is 58.0 Å². The summed E-state index contributed by atoms with van der Waals surface area (Å²) in [6.45, 7) is 6.54. The Labute approximate surface area is 171 Å². The number of aromatic nitrogens is 3. The zero-order chi connectivity index (χ0) is 20.3. The summed E-state index contributed by atoms with van der Waals surface area (Å²) in [7, 11) is 0. The normalized spacial score (nSPS) is 21.6. The molecule has 0 bridgehead atoms. The zero-order valence-electron chi connectivity index (χ0n) is 17.3. The maximum atomic E-state index is 12.4. The highest BCUT2D eigenvalue weighted by atomic mass is 16.5. The Morgan fingerprint density at radius 2 is 2.03 bits per heavy atom. The lowest BCUT2D eigenvalue weighted by atomic mass is 9.78. The number of piperidine rings is 1. The number of nitrogens with zero attached hydrogens (tertiary/aromatic N) is 4. The van der Waals surface area contributed by atoms with Crippen molar-refractivity contribution in [1.82, 2.24) is 20.0 Å². The predicted molar refractivity (Wildman–Crippen MR) is 108 cm³/mol. The van der Waals surface area contributed by atoms with Gasteiger partial charge in [0.15, 0.2) is 0 Å². The molecule has 1 unspecified atom stereocenters. The van der Waals surface area contributed by atoms with Gasteiger partial charge < -0.3 is 14.2 Å². The third-order valence-electron chi connectivity index (χ3n) is 6.08. The van der Waals surface area contributed by atoms with E-state index in [0.29, 0.717) is 30.0 Å². The summed E-state index contributed by atoms with van der Waals surface area (Å²) in [6, 6.07) is 3.76. The minimum atomic E-state index is -0.106. The molecular formula is C22H30N4O3. The molecule has 2 aromatic rings. The zero-order valence-corrected chi connectivity index (χ0v) is 17.3. The second kappa shape index (κ2) is 8.61. The number of hydrogen-bond donors (Lipinski definition) is 0. The monoisotopic (exact) mass is 398 g/mol. The lowest BCUT2D eigenvalue weighted by molar-refractivity contribution is -0.147. The highest BCUT2D eigenvalue weighted by molar-refractivity contribution is 5.76. The number of rotatable bonds is 5. The summed E-state index contributed by atoms with van der Waals surface area (Å²) in [5, 5.41) is 4.12. The van der Waals surface area contributed by atoms with E-state index in [9.17, 15) is 4.79 Å². The van der Waals surface area contributed by atoms with E-state index >= 15 is 0 Å².